The van der Waals surface area contributed by atoms with Gasteiger partial charge in [-0.25, -0.2) is 0 Å². The molecule has 0 bridgehead atoms. The van der Waals surface area contributed by atoms with Crippen molar-refractivity contribution in [1.29, 1.82) is 0 Å². The molecule has 0 fully saturated rings. The van der Waals surface area contributed by atoms with Crippen molar-refractivity contribution in [2.24, 2.45) is 0 Å². The van der Waals surface area contributed by atoms with Gasteiger partial charge in [0, 0.05) is 16.7 Å². The molecule has 0 N–H and O–H groups in total. The normalized spacial score (nSPS) is 15.4. The summed E-state index contributed by atoms with van der Waals surface area (Å²) < 4.78 is 22.7. The van der Waals surface area contributed by atoms with Gasteiger partial charge >= 0.3 is 0 Å². The molecule has 2 aromatic carbocycles. The van der Waals surface area contributed by atoms with Crippen molar-refractivity contribution in [3.05, 3.63) is 71.3 Å². The standard InChI is InChI=1S/C20H14ClN3O4S/c21-13-7-5-12(6-8-13)15-9-14(28-24-15)11-29-20-23-22-19(27-20)18-10-25-16-3-1-2-4-17(16)26-18/h1-9,18H,10-11H2. The molecular weight excluding hydrogens is 414 g/mol. The maximum atomic E-state index is 5.92. The average Bonchev–Trinajstić information content (AvgIpc) is 3.42. The number of fused-ring (bicyclic) bond motifs is 1. The van der Waals surface area contributed by atoms with Crippen LogP contribution in [0.2, 0.25) is 5.02 Å². The van der Waals surface area contributed by atoms with Crippen LogP contribution in [0.1, 0.15) is 17.8 Å². The maximum absolute atomic E-state index is 5.92. The first-order chi connectivity index (χ1) is 14.2. The van der Waals surface area contributed by atoms with Crippen molar-refractivity contribution in [3.8, 4) is 22.8 Å². The predicted octanol–water partition coefficient (Wildman–Crippen LogP) is 5.18. The Morgan fingerprint density at radius 2 is 1.86 bits per heavy atom. The Bertz CT molecular complexity index is 1130. The largest absolute Gasteiger partial charge is 0.485 e. The number of hydrogen-bond acceptors (Lipinski definition) is 8. The Morgan fingerprint density at radius 3 is 2.72 bits per heavy atom. The van der Waals surface area contributed by atoms with Gasteiger partial charge in [-0.15, -0.1) is 10.2 Å². The minimum absolute atomic E-state index is 0.315. The van der Waals surface area contributed by atoms with E-state index in [0.717, 1.165) is 11.3 Å². The third-order valence-corrected chi connectivity index (χ3v) is 5.34. The highest BCUT2D eigenvalue weighted by Gasteiger charge is 2.27. The number of para-hydroxylation sites is 2. The van der Waals surface area contributed by atoms with E-state index in [-0.39, 0.29) is 0 Å². The zero-order valence-corrected chi connectivity index (χ0v) is 16.5. The SMILES string of the molecule is Clc1ccc(-c2cc(CSc3nnc(C4COc5ccccc5O4)o3)on2)cc1. The zero-order chi connectivity index (χ0) is 19.6. The van der Waals surface area contributed by atoms with E-state index in [1.807, 2.05) is 54.6 Å². The van der Waals surface area contributed by atoms with E-state index >= 15 is 0 Å². The highest BCUT2D eigenvalue weighted by Crippen LogP contribution is 2.36. The molecule has 4 aromatic rings. The fraction of sp³-hybridized carbons (Fsp3) is 0.150. The summed E-state index contributed by atoms with van der Waals surface area (Å²) in [7, 11) is 0. The first kappa shape index (κ1) is 18.1. The van der Waals surface area contributed by atoms with Gasteiger partial charge in [-0.05, 0) is 24.3 Å². The van der Waals surface area contributed by atoms with Crippen LogP contribution in [0.15, 0.2) is 68.8 Å². The quantitative estimate of drug-likeness (QED) is 0.403. The fourth-order valence-corrected chi connectivity index (χ4v) is 3.59. The van der Waals surface area contributed by atoms with Crippen LogP contribution in [0.3, 0.4) is 0 Å². The lowest BCUT2D eigenvalue weighted by atomic mass is 10.1. The van der Waals surface area contributed by atoms with E-state index in [4.69, 9.17) is 30.0 Å². The molecule has 1 atom stereocenters. The Balaban J connectivity index is 1.22. The second-order valence-electron chi connectivity index (χ2n) is 6.24. The van der Waals surface area contributed by atoms with Crippen molar-refractivity contribution >= 4 is 23.4 Å². The van der Waals surface area contributed by atoms with Gasteiger partial charge in [0.2, 0.25) is 6.10 Å². The lowest BCUT2D eigenvalue weighted by molar-refractivity contribution is 0.0686. The summed E-state index contributed by atoms with van der Waals surface area (Å²) in [4.78, 5) is 0. The molecule has 29 heavy (non-hydrogen) atoms. The van der Waals surface area contributed by atoms with Crippen molar-refractivity contribution in [2.75, 3.05) is 6.61 Å². The molecule has 9 heteroatoms. The molecule has 146 valence electrons. The van der Waals surface area contributed by atoms with Crippen LogP contribution in [-0.2, 0) is 5.75 Å². The molecule has 3 heterocycles. The van der Waals surface area contributed by atoms with Gasteiger partial charge in [0.05, 0.1) is 5.75 Å². The zero-order valence-electron chi connectivity index (χ0n) is 14.9. The van der Waals surface area contributed by atoms with Gasteiger partial charge in [-0.2, -0.15) is 0 Å². The van der Waals surface area contributed by atoms with E-state index in [0.29, 0.717) is 45.8 Å². The predicted molar refractivity (Wildman–Crippen MR) is 106 cm³/mol. The Morgan fingerprint density at radius 1 is 1.03 bits per heavy atom. The molecule has 0 spiro atoms. The summed E-state index contributed by atoms with van der Waals surface area (Å²) in [6.45, 7) is 0.315. The van der Waals surface area contributed by atoms with Crippen molar-refractivity contribution in [3.63, 3.8) is 0 Å². The summed E-state index contributed by atoms with van der Waals surface area (Å²) >= 11 is 7.28. The van der Waals surface area contributed by atoms with E-state index in [1.165, 1.54) is 11.8 Å². The highest BCUT2D eigenvalue weighted by molar-refractivity contribution is 7.98. The number of nitrogens with zero attached hydrogens (tertiary/aromatic N) is 3. The van der Waals surface area contributed by atoms with Gasteiger partial charge < -0.3 is 18.4 Å². The molecule has 0 amide bonds. The van der Waals surface area contributed by atoms with Gasteiger partial charge in [0.15, 0.2) is 11.5 Å². The minimum atomic E-state index is -0.437. The van der Waals surface area contributed by atoms with Crippen molar-refractivity contribution in [1.82, 2.24) is 15.4 Å². The summed E-state index contributed by atoms with van der Waals surface area (Å²) in [5, 5.41) is 13.3. The van der Waals surface area contributed by atoms with Crippen molar-refractivity contribution in [2.45, 2.75) is 17.1 Å². The number of ether oxygens (including phenoxy) is 2. The second-order valence-corrected chi connectivity index (χ2v) is 7.61. The molecule has 1 aliphatic heterocycles. The second kappa shape index (κ2) is 7.81. The van der Waals surface area contributed by atoms with Crippen molar-refractivity contribution < 1.29 is 18.4 Å². The van der Waals surface area contributed by atoms with Crippen LogP contribution in [-0.4, -0.2) is 22.0 Å². The third-order valence-electron chi connectivity index (χ3n) is 4.24. The van der Waals surface area contributed by atoms with Gasteiger partial charge in [0.1, 0.15) is 18.1 Å². The summed E-state index contributed by atoms with van der Waals surface area (Å²) in [5.74, 6) is 2.95. The lowest BCUT2D eigenvalue weighted by Gasteiger charge is -2.23. The molecule has 5 rings (SSSR count). The highest BCUT2D eigenvalue weighted by atomic mass is 35.5. The Hall–Kier alpha value is -2.97. The fourth-order valence-electron chi connectivity index (χ4n) is 2.82. The van der Waals surface area contributed by atoms with Gasteiger partial charge in [-0.3, -0.25) is 0 Å². The lowest BCUT2D eigenvalue weighted by Crippen LogP contribution is -2.21. The minimum Gasteiger partial charge on any atom is -0.485 e. The molecule has 7 nitrogen and oxygen atoms in total. The smallest absolute Gasteiger partial charge is 0.277 e. The third kappa shape index (κ3) is 3.94. The van der Waals surface area contributed by atoms with Gasteiger partial charge in [0.25, 0.3) is 11.1 Å². The van der Waals surface area contributed by atoms with Crippen LogP contribution in [0.25, 0.3) is 11.3 Å². The summed E-state index contributed by atoms with van der Waals surface area (Å²) in [5.41, 5.74) is 1.68. The first-order valence-corrected chi connectivity index (χ1v) is 10.2. The number of hydrogen-bond donors (Lipinski definition) is 0. The maximum Gasteiger partial charge on any atom is 0.277 e. The number of benzene rings is 2. The van der Waals surface area contributed by atoms with Crippen LogP contribution in [0.5, 0.6) is 11.5 Å². The Labute approximate surface area is 175 Å². The molecule has 1 aliphatic rings. The van der Waals surface area contributed by atoms with Crippen LogP contribution < -0.4 is 9.47 Å². The molecule has 2 aromatic heterocycles. The number of halogens is 1. The molecule has 1 unspecified atom stereocenters. The van der Waals surface area contributed by atoms with Crippen LogP contribution >= 0.6 is 23.4 Å². The first-order valence-electron chi connectivity index (χ1n) is 8.81. The molecule has 0 aliphatic carbocycles. The Kier molecular flexibility index (Phi) is 4.87. The van der Waals surface area contributed by atoms with E-state index in [1.54, 1.807) is 0 Å². The molecular formula is C20H14ClN3O4S. The molecule has 0 radical (unpaired) electrons. The number of rotatable bonds is 5. The molecule has 0 saturated carbocycles. The average molecular weight is 428 g/mol. The van der Waals surface area contributed by atoms with E-state index in [2.05, 4.69) is 15.4 Å². The summed E-state index contributed by atoms with van der Waals surface area (Å²) in [6.07, 6.45) is -0.437. The van der Waals surface area contributed by atoms with E-state index in [9.17, 15) is 0 Å². The van der Waals surface area contributed by atoms with E-state index < -0.39 is 6.10 Å². The number of thioether (sulfide) groups is 1. The summed E-state index contributed by atoms with van der Waals surface area (Å²) in [6, 6.07) is 16.8. The topological polar surface area (TPSA) is 83.4 Å². The van der Waals surface area contributed by atoms with Gasteiger partial charge in [-0.1, -0.05) is 52.8 Å². The molecule has 0 saturated heterocycles. The van der Waals surface area contributed by atoms with Crippen LogP contribution in [0.4, 0.5) is 0 Å². The number of aromatic nitrogens is 3. The monoisotopic (exact) mass is 427 g/mol. The van der Waals surface area contributed by atoms with Crippen LogP contribution in [0, 0.1) is 0 Å².